The molecular weight excluding hydrogens is 279 g/mol. The van der Waals surface area contributed by atoms with Crippen LogP contribution in [0.2, 0.25) is 0 Å². The van der Waals surface area contributed by atoms with E-state index in [0.29, 0.717) is 5.57 Å². The number of hydrogen-bond donors (Lipinski definition) is 0. The van der Waals surface area contributed by atoms with Crippen LogP contribution >= 0.6 is 22.6 Å². The number of rotatable bonds is 0. The first-order valence-electron chi connectivity index (χ1n) is 3.88. The zero-order chi connectivity index (χ0) is 9.42. The normalized spacial score (nSPS) is 26.2. The monoisotopic (exact) mass is 286 g/mol. The van der Waals surface area contributed by atoms with Gasteiger partial charge in [0.15, 0.2) is 0 Å². The summed E-state index contributed by atoms with van der Waals surface area (Å²) in [6.07, 6.45) is 5.22. The molecule has 3 nitrogen and oxygen atoms in total. The van der Waals surface area contributed by atoms with Crippen LogP contribution < -0.4 is 0 Å². The predicted octanol–water partition coefficient (Wildman–Crippen LogP) is 1.69. The smallest absolute Gasteiger partial charge is 0.267 e. The zero-order valence-corrected chi connectivity index (χ0v) is 9.15. The van der Waals surface area contributed by atoms with Gasteiger partial charge in [-0.3, -0.25) is 4.79 Å². The number of allylic oxidation sites excluding steroid dienone is 3. The zero-order valence-electron chi connectivity index (χ0n) is 6.99. The molecule has 0 saturated carbocycles. The van der Waals surface area contributed by atoms with Gasteiger partial charge in [0.2, 0.25) is 0 Å². The van der Waals surface area contributed by atoms with E-state index in [1.165, 1.54) is 6.34 Å². The van der Waals surface area contributed by atoms with Crippen LogP contribution in [0.4, 0.5) is 0 Å². The van der Waals surface area contributed by atoms with E-state index < -0.39 is 0 Å². The number of aliphatic imine (C=N–C) groups is 2. The van der Waals surface area contributed by atoms with Gasteiger partial charge in [0.05, 0.1) is 15.2 Å². The van der Waals surface area contributed by atoms with Crippen LogP contribution in [0.25, 0.3) is 0 Å². The average molecular weight is 286 g/mol. The summed E-state index contributed by atoms with van der Waals surface area (Å²) in [7, 11) is 0. The Kier molecular flexibility index (Phi) is 2.15. The quantitative estimate of drug-likeness (QED) is 0.493. The van der Waals surface area contributed by atoms with Crippen molar-refractivity contribution in [2.45, 2.75) is 10.8 Å². The summed E-state index contributed by atoms with van der Waals surface area (Å²) in [6.45, 7) is 1.95. The predicted molar refractivity (Wildman–Crippen MR) is 60.6 cm³/mol. The van der Waals surface area contributed by atoms with E-state index in [1.807, 2.05) is 19.1 Å². The summed E-state index contributed by atoms with van der Waals surface area (Å²) in [5, 5.41) is 0. The molecule has 1 atom stereocenters. The molecule has 0 bridgehead atoms. The minimum atomic E-state index is -0.173. The van der Waals surface area contributed by atoms with E-state index in [4.69, 9.17) is 0 Å². The van der Waals surface area contributed by atoms with E-state index in [-0.39, 0.29) is 9.83 Å². The van der Waals surface area contributed by atoms with Crippen molar-refractivity contribution in [2.75, 3.05) is 0 Å². The molecule has 1 heterocycles. The summed E-state index contributed by atoms with van der Waals surface area (Å²) < 4.78 is 0.281. The van der Waals surface area contributed by atoms with Crippen LogP contribution in [-0.4, -0.2) is 21.9 Å². The lowest BCUT2D eigenvalue weighted by atomic mass is 9.95. The van der Waals surface area contributed by atoms with Crippen molar-refractivity contribution >= 4 is 40.5 Å². The van der Waals surface area contributed by atoms with Crippen LogP contribution in [-0.2, 0) is 4.79 Å². The molecule has 1 aliphatic carbocycles. The molecule has 0 aromatic carbocycles. The van der Waals surface area contributed by atoms with Crippen LogP contribution in [0.3, 0.4) is 0 Å². The second-order valence-electron chi connectivity index (χ2n) is 2.88. The summed E-state index contributed by atoms with van der Waals surface area (Å²) in [4.78, 5) is 19.1. The van der Waals surface area contributed by atoms with E-state index in [0.717, 1.165) is 11.3 Å². The van der Waals surface area contributed by atoms with Gasteiger partial charge in [-0.15, -0.1) is 0 Å². The molecule has 2 rings (SSSR count). The minimum absolute atomic E-state index is 0.173. The van der Waals surface area contributed by atoms with E-state index in [1.54, 1.807) is 0 Å². The third kappa shape index (κ3) is 1.39. The Labute approximate surface area is 89.5 Å². The number of amides is 1. The molecular formula is C9H7IN2O. The molecule has 1 amide bonds. The standard InChI is InChI=1S/C9H7IN2O/c1-5-6(10)2-3-7-8(5)9(13)12-4-11-7/h2-4,6H,1H3. The molecule has 0 fully saturated rings. The molecule has 66 valence electrons. The summed E-state index contributed by atoms with van der Waals surface area (Å²) in [5.74, 6) is -0.173. The van der Waals surface area contributed by atoms with Crippen molar-refractivity contribution in [1.29, 1.82) is 0 Å². The van der Waals surface area contributed by atoms with Gasteiger partial charge in [-0.05, 0) is 18.6 Å². The van der Waals surface area contributed by atoms with Crippen molar-refractivity contribution in [3.8, 4) is 0 Å². The van der Waals surface area contributed by atoms with E-state index >= 15 is 0 Å². The van der Waals surface area contributed by atoms with Crippen LogP contribution in [0, 0.1) is 0 Å². The Morgan fingerprint density at radius 1 is 1.54 bits per heavy atom. The average Bonchev–Trinajstić information content (AvgIpc) is 2.12. The largest absolute Gasteiger partial charge is 0.280 e. The van der Waals surface area contributed by atoms with Crippen molar-refractivity contribution in [3.05, 3.63) is 23.3 Å². The molecule has 2 aliphatic rings. The molecule has 1 aliphatic heterocycles. The molecule has 0 N–H and O–H groups in total. The second-order valence-corrected chi connectivity index (χ2v) is 4.22. The molecule has 0 radical (unpaired) electrons. The second kappa shape index (κ2) is 3.17. The number of alkyl halides is 1. The minimum Gasteiger partial charge on any atom is -0.267 e. The van der Waals surface area contributed by atoms with Gasteiger partial charge >= 0.3 is 0 Å². The number of nitrogens with zero attached hydrogens (tertiary/aromatic N) is 2. The van der Waals surface area contributed by atoms with E-state index in [9.17, 15) is 4.79 Å². The van der Waals surface area contributed by atoms with Gasteiger partial charge in [-0.1, -0.05) is 28.7 Å². The van der Waals surface area contributed by atoms with Crippen LogP contribution in [0.15, 0.2) is 33.3 Å². The molecule has 0 spiro atoms. The molecule has 0 saturated heterocycles. The lowest BCUT2D eigenvalue weighted by Crippen LogP contribution is -2.21. The lowest BCUT2D eigenvalue weighted by molar-refractivity contribution is -0.113. The molecule has 13 heavy (non-hydrogen) atoms. The van der Waals surface area contributed by atoms with Crippen molar-refractivity contribution in [3.63, 3.8) is 0 Å². The Bertz CT molecular complexity index is 390. The Morgan fingerprint density at radius 3 is 3.08 bits per heavy atom. The fourth-order valence-corrected chi connectivity index (χ4v) is 1.86. The third-order valence-electron chi connectivity index (χ3n) is 2.07. The Balaban J connectivity index is 2.57. The Morgan fingerprint density at radius 2 is 2.31 bits per heavy atom. The van der Waals surface area contributed by atoms with E-state index in [2.05, 4.69) is 32.6 Å². The third-order valence-corrected chi connectivity index (χ3v) is 3.42. The van der Waals surface area contributed by atoms with Gasteiger partial charge in [0, 0.05) is 0 Å². The maximum absolute atomic E-state index is 11.4. The highest BCUT2D eigenvalue weighted by Gasteiger charge is 2.24. The van der Waals surface area contributed by atoms with Gasteiger partial charge in [0.1, 0.15) is 6.34 Å². The number of hydrogen-bond acceptors (Lipinski definition) is 2. The van der Waals surface area contributed by atoms with Crippen molar-refractivity contribution < 1.29 is 4.79 Å². The summed E-state index contributed by atoms with van der Waals surface area (Å²) in [6, 6.07) is 0. The first-order valence-corrected chi connectivity index (χ1v) is 5.13. The van der Waals surface area contributed by atoms with Gasteiger partial charge < -0.3 is 0 Å². The first kappa shape index (κ1) is 8.80. The highest BCUT2D eigenvalue weighted by molar-refractivity contribution is 14.1. The Hall–Kier alpha value is -0.780. The first-order chi connectivity index (χ1) is 6.20. The molecule has 1 unspecified atom stereocenters. The highest BCUT2D eigenvalue weighted by Crippen LogP contribution is 2.25. The SMILES string of the molecule is CC1=C2C(=O)N=CN=C2C=CC1I. The summed E-state index contributed by atoms with van der Waals surface area (Å²) >= 11 is 2.28. The van der Waals surface area contributed by atoms with Crippen molar-refractivity contribution in [2.24, 2.45) is 9.98 Å². The molecule has 0 aromatic rings. The number of carbonyl (C=O) groups is 1. The van der Waals surface area contributed by atoms with Crippen LogP contribution in [0.1, 0.15) is 6.92 Å². The van der Waals surface area contributed by atoms with Gasteiger partial charge in [0.25, 0.3) is 5.91 Å². The van der Waals surface area contributed by atoms with Gasteiger partial charge in [-0.2, -0.15) is 4.99 Å². The maximum Gasteiger partial charge on any atom is 0.280 e. The molecule has 0 aromatic heterocycles. The highest BCUT2D eigenvalue weighted by atomic mass is 127. The lowest BCUT2D eigenvalue weighted by Gasteiger charge is -2.18. The van der Waals surface area contributed by atoms with Crippen molar-refractivity contribution in [1.82, 2.24) is 0 Å². The number of carbonyl (C=O) groups excluding carboxylic acids is 1. The number of fused-ring (bicyclic) bond motifs is 1. The number of halogens is 1. The maximum atomic E-state index is 11.4. The fourth-order valence-electron chi connectivity index (χ4n) is 1.34. The molecule has 4 heteroatoms. The topological polar surface area (TPSA) is 41.8 Å². The van der Waals surface area contributed by atoms with Gasteiger partial charge in [-0.25, -0.2) is 4.99 Å². The fraction of sp³-hybridized carbons (Fsp3) is 0.222. The summed E-state index contributed by atoms with van der Waals surface area (Å²) in [5.41, 5.74) is 2.46. The van der Waals surface area contributed by atoms with Crippen LogP contribution in [0.5, 0.6) is 0 Å².